The second-order valence-corrected chi connectivity index (χ2v) is 7.13. The third kappa shape index (κ3) is 3.65. The highest BCUT2D eigenvalue weighted by Gasteiger charge is 2.17. The fourth-order valence-corrected chi connectivity index (χ4v) is 3.54. The van der Waals surface area contributed by atoms with Crippen molar-refractivity contribution in [1.29, 1.82) is 0 Å². The van der Waals surface area contributed by atoms with Gasteiger partial charge in [0, 0.05) is 26.2 Å². The summed E-state index contributed by atoms with van der Waals surface area (Å²) in [7, 11) is -3.63. The number of carbonyl (C=O) groups excluding carboxylic acids is 1. The number of nitrogens with zero attached hydrogens (tertiary/aromatic N) is 3. The van der Waals surface area contributed by atoms with Crippen LogP contribution >= 0.6 is 0 Å². The van der Waals surface area contributed by atoms with Gasteiger partial charge in [-0.2, -0.15) is 0 Å². The number of pyridine rings is 1. The normalized spacial score (nSPS) is 15.2. The van der Waals surface area contributed by atoms with E-state index in [0.717, 1.165) is 25.2 Å². The first-order valence-electron chi connectivity index (χ1n) is 7.57. The quantitative estimate of drug-likeness (QED) is 0.822. The molecule has 1 aromatic heterocycles. The molecule has 24 heavy (non-hydrogen) atoms. The Labute approximate surface area is 141 Å². The number of benzene rings is 1. The Morgan fingerprint density at radius 2 is 1.71 bits per heavy atom. The maximum atomic E-state index is 12.3. The van der Waals surface area contributed by atoms with E-state index in [0.29, 0.717) is 13.1 Å². The SMILES string of the molecule is O=CN1CCN(c2ccc(NS(=O)(=O)c3ccccc3)nc2)CC1. The van der Waals surface area contributed by atoms with Gasteiger partial charge in [0.2, 0.25) is 6.41 Å². The van der Waals surface area contributed by atoms with Gasteiger partial charge in [-0.25, -0.2) is 13.4 Å². The van der Waals surface area contributed by atoms with Gasteiger partial charge in [0.1, 0.15) is 5.82 Å². The number of hydrogen-bond donors (Lipinski definition) is 1. The summed E-state index contributed by atoms with van der Waals surface area (Å²) in [5.74, 6) is 0.272. The zero-order valence-electron chi connectivity index (χ0n) is 13.0. The van der Waals surface area contributed by atoms with E-state index in [1.54, 1.807) is 35.4 Å². The molecule has 1 fully saturated rings. The summed E-state index contributed by atoms with van der Waals surface area (Å²) in [5, 5.41) is 0. The summed E-state index contributed by atoms with van der Waals surface area (Å²) >= 11 is 0. The number of aromatic nitrogens is 1. The van der Waals surface area contributed by atoms with Crippen molar-refractivity contribution >= 4 is 27.9 Å². The van der Waals surface area contributed by atoms with Crippen LogP contribution in [-0.4, -0.2) is 50.9 Å². The number of hydrogen-bond acceptors (Lipinski definition) is 5. The fourth-order valence-electron chi connectivity index (χ4n) is 2.52. The molecular formula is C16H18N4O3S. The average molecular weight is 346 g/mol. The van der Waals surface area contributed by atoms with Crippen LogP contribution in [-0.2, 0) is 14.8 Å². The minimum absolute atomic E-state index is 0.195. The zero-order chi connectivity index (χ0) is 17.0. The molecule has 1 aromatic carbocycles. The van der Waals surface area contributed by atoms with Gasteiger partial charge in [-0.3, -0.25) is 9.52 Å². The minimum atomic E-state index is -3.63. The van der Waals surface area contributed by atoms with Gasteiger partial charge in [0.05, 0.1) is 16.8 Å². The van der Waals surface area contributed by atoms with Crippen LogP contribution in [0.2, 0.25) is 0 Å². The smallest absolute Gasteiger partial charge is 0.263 e. The number of nitrogens with one attached hydrogen (secondary N) is 1. The molecule has 1 aliphatic heterocycles. The molecule has 0 radical (unpaired) electrons. The van der Waals surface area contributed by atoms with E-state index in [1.165, 1.54) is 12.1 Å². The number of amides is 1. The van der Waals surface area contributed by atoms with Gasteiger partial charge in [0.25, 0.3) is 10.0 Å². The van der Waals surface area contributed by atoms with Gasteiger partial charge in [0.15, 0.2) is 0 Å². The zero-order valence-corrected chi connectivity index (χ0v) is 13.8. The third-order valence-electron chi connectivity index (χ3n) is 3.87. The predicted molar refractivity (Wildman–Crippen MR) is 91.3 cm³/mol. The first kappa shape index (κ1) is 16.3. The van der Waals surface area contributed by atoms with Crippen LogP contribution < -0.4 is 9.62 Å². The highest BCUT2D eigenvalue weighted by atomic mass is 32.2. The van der Waals surface area contributed by atoms with Gasteiger partial charge < -0.3 is 9.80 Å². The summed E-state index contributed by atoms with van der Waals surface area (Å²) in [6.45, 7) is 2.81. The lowest BCUT2D eigenvalue weighted by Gasteiger charge is -2.33. The molecule has 1 saturated heterocycles. The van der Waals surface area contributed by atoms with E-state index < -0.39 is 10.0 Å². The molecule has 3 rings (SSSR count). The number of piperazine rings is 1. The van der Waals surface area contributed by atoms with Crippen LogP contribution in [0.25, 0.3) is 0 Å². The van der Waals surface area contributed by atoms with E-state index in [-0.39, 0.29) is 10.7 Å². The minimum Gasteiger partial charge on any atom is -0.367 e. The first-order chi connectivity index (χ1) is 11.6. The Morgan fingerprint density at radius 1 is 1.00 bits per heavy atom. The molecule has 0 atom stereocenters. The lowest BCUT2D eigenvalue weighted by atomic mass is 10.3. The van der Waals surface area contributed by atoms with Crippen molar-refractivity contribution < 1.29 is 13.2 Å². The Balaban J connectivity index is 1.68. The van der Waals surface area contributed by atoms with E-state index >= 15 is 0 Å². The average Bonchev–Trinajstić information content (AvgIpc) is 2.63. The Bertz CT molecular complexity index is 786. The number of rotatable bonds is 5. The van der Waals surface area contributed by atoms with Gasteiger partial charge >= 0.3 is 0 Å². The lowest BCUT2D eigenvalue weighted by molar-refractivity contribution is -0.118. The van der Waals surface area contributed by atoms with E-state index in [1.807, 2.05) is 6.07 Å². The molecule has 0 unspecified atom stereocenters. The molecule has 0 spiro atoms. The maximum Gasteiger partial charge on any atom is 0.263 e. The Morgan fingerprint density at radius 3 is 2.29 bits per heavy atom. The van der Waals surface area contributed by atoms with Crippen LogP contribution in [0.4, 0.5) is 11.5 Å². The van der Waals surface area contributed by atoms with Crippen LogP contribution in [0.15, 0.2) is 53.6 Å². The van der Waals surface area contributed by atoms with Crippen LogP contribution in [0.5, 0.6) is 0 Å². The molecule has 126 valence electrons. The monoisotopic (exact) mass is 346 g/mol. The fraction of sp³-hybridized carbons (Fsp3) is 0.250. The first-order valence-corrected chi connectivity index (χ1v) is 9.05. The standard InChI is InChI=1S/C16H18N4O3S/c21-13-19-8-10-20(11-9-19)14-6-7-16(17-12-14)18-24(22,23)15-4-2-1-3-5-15/h1-7,12-13H,8-11H2,(H,17,18). The van der Waals surface area contributed by atoms with Crippen molar-refractivity contribution in [3.05, 3.63) is 48.7 Å². The highest BCUT2D eigenvalue weighted by molar-refractivity contribution is 7.92. The number of sulfonamides is 1. The van der Waals surface area contributed by atoms with Crippen molar-refractivity contribution in [2.45, 2.75) is 4.90 Å². The molecule has 2 heterocycles. The second-order valence-electron chi connectivity index (χ2n) is 5.45. The molecule has 2 aromatic rings. The van der Waals surface area contributed by atoms with E-state index in [4.69, 9.17) is 0 Å². The van der Waals surface area contributed by atoms with E-state index in [9.17, 15) is 13.2 Å². The predicted octanol–water partition coefficient (Wildman–Crippen LogP) is 1.16. The molecule has 1 aliphatic rings. The molecule has 8 heteroatoms. The molecule has 1 N–H and O–H groups in total. The van der Waals surface area contributed by atoms with Crippen molar-refractivity contribution in [3.63, 3.8) is 0 Å². The lowest BCUT2D eigenvalue weighted by Crippen LogP contribution is -2.45. The Hall–Kier alpha value is -2.61. The topological polar surface area (TPSA) is 82.6 Å². The summed E-state index contributed by atoms with van der Waals surface area (Å²) in [6.07, 6.45) is 2.50. The third-order valence-corrected chi connectivity index (χ3v) is 5.24. The summed E-state index contributed by atoms with van der Waals surface area (Å²) < 4.78 is 27.0. The second kappa shape index (κ2) is 6.88. The highest BCUT2D eigenvalue weighted by Crippen LogP contribution is 2.19. The molecule has 7 nitrogen and oxygen atoms in total. The largest absolute Gasteiger partial charge is 0.367 e. The van der Waals surface area contributed by atoms with E-state index in [2.05, 4.69) is 14.6 Å². The van der Waals surface area contributed by atoms with Gasteiger partial charge in [-0.15, -0.1) is 0 Å². The molecular weight excluding hydrogens is 328 g/mol. The van der Waals surface area contributed by atoms with Crippen molar-refractivity contribution in [2.24, 2.45) is 0 Å². The van der Waals surface area contributed by atoms with Crippen molar-refractivity contribution in [3.8, 4) is 0 Å². The molecule has 0 bridgehead atoms. The molecule has 0 saturated carbocycles. The van der Waals surface area contributed by atoms with Gasteiger partial charge in [-0.05, 0) is 24.3 Å². The number of anilines is 2. The summed E-state index contributed by atoms with van der Waals surface area (Å²) in [5.41, 5.74) is 0.906. The van der Waals surface area contributed by atoms with Crippen LogP contribution in [0.3, 0.4) is 0 Å². The van der Waals surface area contributed by atoms with Crippen LogP contribution in [0, 0.1) is 0 Å². The molecule has 0 aliphatic carbocycles. The van der Waals surface area contributed by atoms with Crippen molar-refractivity contribution in [2.75, 3.05) is 35.8 Å². The summed E-state index contributed by atoms with van der Waals surface area (Å²) in [6, 6.07) is 11.6. The Kier molecular flexibility index (Phi) is 4.66. The maximum absolute atomic E-state index is 12.3. The van der Waals surface area contributed by atoms with Crippen LogP contribution in [0.1, 0.15) is 0 Å². The summed E-state index contributed by atoms with van der Waals surface area (Å²) in [4.78, 5) is 19.0. The van der Waals surface area contributed by atoms with Crippen molar-refractivity contribution in [1.82, 2.24) is 9.88 Å². The number of carbonyl (C=O) groups is 1. The molecule has 1 amide bonds. The van der Waals surface area contributed by atoms with Gasteiger partial charge in [-0.1, -0.05) is 18.2 Å².